The van der Waals surface area contributed by atoms with E-state index in [4.69, 9.17) is 9.47 Å². The molecule has 126 valence electrons. The van der Waals surface area contributed by atoms with E-state index in [0.717, 1.165) is 49.9 Å². The molecule has 0 atom stereocenters. The van der Waals surface area contributed by atoms with Crippen molar-refractivity contribution in [3.05, 3.63) is 40.7 Å². The third-order valence-corrected chi connectivity index (χ3v) is 5.32. The molecule has 1 aliphatic carbocycles. The first-order valence-corrected chi connectivity index (χ1v) is 9.04. The maximum Gasteiger partial charge on any atom is 0.161 e. The maximum absolute atomic E-state index is 5.71. The van der Waals surface area contributed by atoms with Gasteiger partial charge in [-0.05, 0) is 42.5 Å². The standard InChI is InChI=1S/C19H23N3O2/c1-4-17-18(24-10-9-23-17)11-13(1)12-22-7-5-15-16(6-8-22)20-21-19(15)14-2-3-14/h1,4,11,14H,2-3,5-10,12H2,(H,20,21). The minimum absolute atomic E-state index is 0.645. The molecule has 1 saturated carbocycles. The van der Waals surface area contributed by atoms with Gasteiger partial charge in [-0.25, -0.2) is 0 Å². The van der Waals surface area contributed by atoms with Gasteiger partial charge in [0.1, 0.15) is 13.2 Å². The van der Waals surface area contributed by atoms with Crippen LogP contribution in [0.15, 0.2) is 18.2 Å². The van der Waals surface area contributed by atoms with E-state index in [2.05, 4.69) is 27.2 Å². The Hall–Kier alpha value is -2.01. The van der Waals surface area contributed by atoms with Crippen molar-refractivity contribution in [1.29, 1.82) is 0 Å². The van der Waals surface area contributed by atoms with Crippen molar-refractivity contribution in [2.75, 3.05) is 26.3 Å². The smallest absolute Gasteiger partial charge is 0.161 e. The predicted octanol–water partition coefficient (Wildman–Crippen LogP) is 2.66. The summed E-state index contributed by atoms with van der Waals surface area (Å²) in [4.78, 5) is 2.54. The quantitative estimate of drug-likeness (QED) is 0.942. The van der Waals surface area contributed by atoms with Crippen LogP contribution in [-0.4, -0.2) is 41.4 Å². The molecular weight excluding hydrogens is 302 g/mol. The van der Waals surface area contributed by atoms with Crippen LogP contribution in [0.5, 0.6) is 11.5 Å². The van der Waals surface area contributed by atoms with Gasteiger partial charge in [0, 0.05) is 37.7 Å². The molecule has 24 heavy (non-hydrogen) atoms. The van der Waals surface area contributed by atoms with E-state index in [1.807, 2.05) is 6.07 Å². The average molecular weight is 325 g/mol. The van der Waals surface area contributed by atoms with Crippen molar-refractivity contribution in [1.82, 2.24) is 15.1 Å². The third-order valence-electron chi connectivity index (χ3n) is 5.32. The number of rotatable bonds is 3. The number of hydrogen-bond acceptors (Lipinski definition) is 4. The molecule has 5 rings (SSSR count). The molecule has 3 aliphatic rings. The Morgan fingerprint density at radius 2 is 1.92 bits per heavy atom. The van der Waals surface area contributed by atoms with Gasteiger partial charge in [-0.2, -0.15) is 5.10 Å². The highest BCUT2D eigenvalue weighted by atomic mass is 16.6. The summed E-state index contributed by atoms with van der Waals surface area (Å²) in [6, 6.07) is 6.34. The third kappa shape index (κ3) is 2.67. The summed E-state index contributed by atoms with van der Waals surface area (Å²) in [6.07, 6.45) is 4.82. The molecule has 0 unspecified atom stereocenters. The van der Waals surface area contributed by atoms with Gasteiger partial charge in [0.25, 0.3) is 0 Å². The van der Waals surface area contributed by atoms with Crippen LogP contribution in [0.4, 0.5) is 0 Å². The van der Waals surface area contributed by atoms with Crippen LogP contribution < -0.4 is 9.47 Å². The summed E-state index contributed by atoms with van der Waals surface area (Å²) in [7, 11) is 0. The molecule has 1 fully saturated rings. The molecule has 5 nitrogen and oxygen atoms in total. The molecule has 0 saturated heterocycles. The number of hydrogen-bond donors (Lipinski definition) is 1. The maximum atomic E-state index is 5.71. The lowest BCUT2D eigenvalue weighted by atomic mass is 10.1. The Morgan fingerprint density at radius 1 is 1.08 bits per heavy atom. The van der Waals surface area contributed by atoms with E-state index in [-0.39, 0.29) is 0 Å². The minimum atomic E-state index is 0.645. The molecule has 1 N–H and O–H groups in total. The van der Waals surface area contributed by atoms with E-state index < -0.39 is 0 Å². The van der Waals surface area contributed by atoms with Crippen LogP contribution in [0, 0.1) is 0 Å². The average Bonchev–Trinajstić information content (AvgIpc) is 3.41. The lowest BCUT2D eigenvalue weighted by Crippen LogP contribution is -2.26. The zero-order chi connectivity index (χ0) is 15.9. The van der Waals surface area contributed by atoms with Crippen LogP contribution in [0.1, 0.15) is 41.3 Å². The molecule has 1 aromatic carbocycles. The van der Waals surface area contributed by atoms with E-state index >= 15 is 0 Å². The number of nitrogens with one attached hydrogen (secondary N) is 1. The van der Waals surface area contributed by atoms with Gasteiger partial charge >= 0.3 is 0 Å². The summed E-state index contributed by atoms with van der Waals surface area (Å²) in [6.45, 7) is 4.43. The Bertz CT molecular complexity index is 751. The first kappa shape index (κ1) is 14.3. The Kier molecular flexibility index (Phi) is 3.47. The van der Waals surface area contributed by atoms with E-state index in [9.17, 15) is 0 Å². The first-order chi connectivity index (χ1) is 11.9. The van der Waals surface area contributed by atoms with Gasteiger partial charge in [0.15, 0.2) is 11.5 Å². The normalized spacial score (nSPS) is 20.5. The number of fused-ring (bicyclic) bond motifs is 2. The van der Waals surface area contributed by atoms with Gasteiger partial charge in [-0.1, -0.05) is 6.07 Å². The number of aromatic nitrogens is 2. The highest BCUT2D eigenvalue weighted by Crippen LogP contribution is 2.41. The van der Waals surface area contributed by atoms with Gasteiger partial charge in [-0.3, -0.25) is 10.00 Å². The van der Waals surface area contributed by atoms with Crippen LogP contribution in [-0.2, 0) is 19.4 Å². The lowest BCUT2D eigenvalue weighted by molar-refractivity contribution is 0.171. The van der Waals surface area contributed by atoms with Crippen molar-refractivity contribution >= 4 is 0 Å². The summed E-state index contributed by atoms with van der Waals surface area (Å²) < 4.78 is 11.3. The minimum Gasteiger partial charge on any atom is -0.486 e. The molecule has 5 heteroatoms. The summed E-state index contributed by atoms with van der Waals surface area (Å²) in [5.74, 6) is 2.49. The first-order valence-electron chi connectivity index (χ1n) is 9.04. The molecule has 2 aliphatic heterocycles. The van der Waals surface area contributed by atoms with Crippen LogP contribution >= 0.6 is 0 Å². The van der Waals surface area contributed by atoms with Gasteiger partial charge in [0.05, 0.1) is 5.69 Å². The Balaban J connectivity index is 1.29. The van der Waals surface area contributed by atoms with Gasteiger partial charge in [0.2, 0.25) is 0 Å². The largest absolute Gasteiger partial charge is 0.486 e. The molecule has 1 aromatic heterocycles. The zero-order valence-electron chi connectivity index (χ0n) is 13.9. The second kappa shape index (κ2) is 5.81. The summed E-state index contributed by atoms with van der Waals surface area (Å²) >= 11 is 0. The van der Waals surface area contributed by atoms with Gasteiger partial charge < -0.3 is 9.47 Å². The molecule has 2 aromatic rings. The van der Waals surface area contributed by atoms with Crippen LogP contribution in [0.2, 0.25) is 0 Å². The molecule has 0 radical (unpaired) electrons. The zero-order valence-corrected chi connectivity index (χ0v) is 13.9. The monoisotopic (exact) mass is 325 g/mol. The highest BCUT2D eigenvalue weighted by Gasteiger charge is 2.31. The number of ether oxygens (including phenoxy) is 2. The highest BCUT2D eigenvalue weighted by molar-refractivity contribution is 5.43. The second-order valence-electron chi connectivity index (χ2n) is 7.09. The van der Waals surface area contributed by atoms with Crippen molar-refractivity contribution in [3.63, 3.8) is 0 Å². The topological polar surface area (TPSA) is 50.4 Å². The number of nitrogens with zero attached hydrogens (tertiary/aromatic N) is 2. The summed E-state index contributed by atoms with van der Waals surface area (Å²) in [5, 5.41) is 7.88. The SMILES string of the molecule is c1cc2c(cc1CN1CCc3[nH]nc(C4CC4)c3CC1)OCCO2. The van der Waals surface area contributed by atoms with Crippen molar-refractivity contribution in [3.8, 4) is 11.5 Å². The predicted molar refractivity (Wildman–Crippen MR) is 90.7 cm³/mol. The second-order valence-corrected chi connectivity index (χ2v) is 7.09. The fourth-order valence-electron chi connectivity index (χ4n) is 3.85. The van der Waals surface area contributed by atoms with Crippen molar-refractivity contribution < 1.29 is 9.47 Å². The summed E-state index contributed by atoms with van der Waals surface area (Å²) in [5.41, 5.74) is 5.51. The fraction of sp³-hybridized carbons (Fsp3) is 0.526. The fourth-order valence-corrected chi connectivity index (χ4v) is 3.85. The number of aromatic amines is 1. The molecule has 0 bridgehead atoms. The van der Waals surface area contributed by atoms with Crippen LogP contribution in [0.25, 0.3) is 0 Å². The Labute approximate surface area is 142 Å². The van der Waals surface area contributed by atoms with E-state index in [1.165, 1.54) is 35.4 Å². The van der Waals surface area contributed by atoms with E-state index in [0.29, 0.717) is 13.2 Å². The van der Waals surface area contributed by atoms with Crippen LogP contribution in [0.3, 0.4) is 0 Å². The number of H-pyrrole nitrogens is 1. The molecule has 3 heterocycles. The van der Waals surface area contributed by atoms with Crippen molar-refractivity contribution in [2.24, 2.45) is 0 Å². The van der Waals surface area contributed by atoms with Gasteiger partial charge in [-0.15, -0.1) is 0 Å². The lowest BCUT2D eigenvalue weighted by Gasteiger charge is -2.22. The number of benzene rings is 1. The van der Waals surface area contributed by atoms with E-state index in [1.54, 1.807) is 0 Å². The molecule has 0 spiro atoms. The Morgan fingerprint density at radius 3 is 2.79 bits per heavy atom. The molecule has 0 amide bonds. The van der Waals surface area contributed by atoms with Crippen molar-refractivity contribution in [2.45, 2.75) is 38.1 Å². The molecular formula is C19H23N3O2.